The molecule has 0 aliphatic heterocycles. The summed E-state index contributed by atoms with van der Waals surface area (Å²) >= 11 is 17.6. The van der Waals surface area contributed by atoms with Gasteiger partial charge in [0.25, 0.3) is 10.1 Å². The Labute approximate surface area is 154 Å². The van der Waals surface area contributed by atoms with E-state index in [-0.39, 0.29) is 26.6 Å². The highest BCUT2D eigenvalue weighted by atomic mass is 35.5. The second-order valence-electron chi connectivity index (χ2n) is 5.42. The van der Waals surface area contributed by atoms with E-state index in [1.165, 1.54) is 44.2 Å². The van der Waals surface area contributed by atoms with E-state index in [2.05, 4.69) is 6.92 Å². The van der Waals surface area contributed by atoms with Crippen LogP contribution in [0.15, 0.2) is 17.0 Å². The summed E-state index contributed by atoms with van der Waals surface area (Å²) in [5, 5.41) is 0.124. The van der Waals surface area contributed by atoms with Gasteiger partial charge < -0.3 is 0 Å². The summed E-state index contributed by atoms with van der Waals surface area (Å²) in [5.74, 6) is 0. The number of hydrogen-bond donors (Lipinski definition) is 0. The van der Waals surface area contributed by atoms with Crippen molar-refractivity contribution >= 4 is 44.9 Å². The Kier molecular flexibility index (Phi) is 9.86. The molecular formula is C16H23Cl3O3S. The smallest absolute Gasteiger partial charge is 0.266 e. The highest BCUT2D eigenvalue weighted by Crippen LogP contribution is 2.35. The largest absolute Gasteiger partial charge is 0.298 e. The van der Waals surface area contributed by atoms with Gasteiger partial charge in [-0.05, 0) is 18.6 Å². The molecular weight excluding hydrogens is 379 g/mol. The standard InChI is InChI=1S/C16H23Cl3O3S/c1-2-3-4-5-6-7-8-9-12-22-23(20,21)14-11-10-13(17)15(18)16(14)19/h10-11H,2-9,12H2,1H3. The molecule has 0 atom stereocenters. The molecule has 0 aliphatic carbocycles. The van der Waals surface area contributed by atoms with Crippen LogP contribution in [0.1, 0.15) is 58.3 Å². The van der Waals surface area contributed by atoms with Crippen LogP contribution in [0, 0.1) is 0 Å². The number of benzene rings is 1. The molecule has 7 heteroatoms. The van der Waals surface area contributed by atoms with Crippen molar-refractivity contribution in [1.82, 2.24) is 0 Å². The average molecular weight is 402 g/mol. The Morgan fingerprint density at radius 1 is 0.870 bits per heavy atom. The minimum Gasteiger partial charge on any atom is -0.266 e. The predicted octanol–water partition coefficient (Wildman–Crippen LogP) is 6.49. The van der Waals surface area contributed by atoms with Crippen LogP contribution in [0.3, 0.4) is 0 Å². The third-order valence-corrected chi connectivity index (χ3v) is 6.27. The summed E-state index contributed by atoms with van der Waals surface area (Å²) in [4.78, 5) is -0.145. The molecule has 0 radical (unpaired) electrons. The van der Waals surface area contributed by atoms with Gasteiger partial charge in [0.1, 0.15) is 4.90 Å². The zero-order valence-electron chi connectivity index (χ0n) is 13.3. The molecule has 0 heterocycles. The lowest BCUT2D eigenvalue weighted by Gasteiger charge is -2.09. The van der Waals surface area contributed by atoms with Gasteiger partial charge in [0.2, 0.25) is 0 Å². The molecule has 1 aromatic rings. The Balaban J connectivity index is 2.36. The van der Waals surface area contributed by atoms with E-state index in [4.69, 9.17) is 39.0 Å². The van der Waals surface area contributed by atoms with Crippen molar-refractivity contribution in [3.05, 3.63) is 27.2 Å². The van der Waals surface area contributed by atoms with Crippen molar-refractivity contribution in [2.24, 2.45) is 0 Å². The highest BCUT2D eigenvalue weighted by molar-refractivity contribution is 7.86. The zero-order chi connectivity index (χ0) is 17.3. The van der Waals surface area contributed by atoms with Crippen LogP contribution in [0.4, 0.5) is 0 Å². The van der Waals surface area contributed by atoms with Crippen molar-refractivity contribution in [1.29, 1.82) is 0 Å². The Hall–Kier alpha value is -0.000000000000000167. The maximum absolute atomic E-state index is 12.1. The number of hydrogen-bond acceptors (Lipinski definition) is 3. The molecule has 0 saturated carbocycles. The normalized spacial score (nSPS) is 11.8. The SMILES string of the molecule is CCCCCCCCCCOS(=O)(=O)c1ccc(Cl)c(Cl)c1Cl. The first kappa shape index (κ1) is 21.0. The van der Waals surface area contributed by atoms with E-state index in [9.17, 15) is 8.42 Å². The minimum absolute atomic E-state index is 0.0186. The Bertz CT molecular complexity index is 588. The fraction of sp³-hybridized carbons (Fsp3) is 0.625. The maximum atomic E-state index is 12.1. The van der Waals surface area contributed by atoms with E-state index < -0.39 is 10.1 Å². The molecule has 0 aliphatic rings. The molecule has 0 amide bonds. The molecule has 0 saturated heterocycles. The van der Waals surface area contributed by atoms with Crippen LogP contribution in [-0.4, -0.2) is 15.0 Å². The first-order valence-electron chi connectivity index (χ1n) is 7.93. The summed E-state index contributed by atoms with van der Waals surface area (Å²) in [6.07, 6.45) is 8.98. The van der Waals surface area contributed by atoms with Crippen LogP contribution in [-0.2, 0) is 14.3 Å². The monoisotopic (exact) mass is 400 g/mol. The second-order valence-corrected chi connectivity index (χ2v) is 8.17. The van der Waals surface area contributed by atoms with E-state index in [0.29, 0.717) is 6.42 Å². The van der Waals surface area contributed by atoms with Gasteiger partial charge in [0.05, 0.1) is 21.7 Å². The lowest BCUT2D eigenvalue weighted by Crippen LogP contribution is -2.08. The van der Waals surface area contributed by atoms with E-state index >= 15 is 0 Å². The molecule has 0 N–H and O–H groups in total. The second kappa shape index (κ2) is 10.8. The van der Waals surface area contributed by atoms with Crippen molar-refractivity contribution in [2.75, 3.05) is 6.61 Å². The molecule has 1 aromatic carbocycles. The van der Waals surface area contributed by atoms with Crippen molar-refractivity contribution in [2.45, 2.75) is 63.2 Å². The van der Waals surface area contributed by atoms with Gasteiger partial charge in [0, 0.05) is 0 Å². The van der Waals surface area contributed by atoms with Gasteiger partial charge >= 0.3 is 0 Å². The summed E-state index contributed by atoms with van der Waals surface area (Å²) in [6, 6.07) is 2.70. The molecule has 0 fully saturated rings. The zero-order valence-corrected chi connectivity index (χ0v) is 16.4. The summed E-state index contributed by atoms with van der Waals surface area (Å²) in [7, 11) is -3.91. The van der Waals surface area contributed by atoms with E-state index in [0.717, 1.165) is 12.8 Å². The number of rotatable bonds is 11. The lowest BCUT2D eigenvalue weighted by atomic mass is 10.1. The minimum atomic E-state index is -3.91. The van der Waals surface area contributed by atoms with Crippen molar-refractivity contribution in [3.63, 3.8) is 0 Å². The van der Waals surface area contributed by atoms with Crippen LogP contribution in [0.2, 0.25) is 15.1 Å². The summed E-state index contributed by atoms with van der Waals surface area (Å²) < 4.78 is 29.3. The van der Waals surface area contributed by atoms with Crippen molar-refractivity contribution in [3.8, 4) is 0 Å². The lowest BCUT2D eigenvalue weighted by molar-refractivity contribution is 0.306. The predicted molar refractivity (Wildman–Crippen MR) is 97.2 cm³/mol. The Morgan fingerprint density at radius 3 is 2.04 bits per heavy atom. The molecule has 0 aromatic heterocycles. The maximum Gasteiger partial charge on any atom is 0.298 e. The van der Waals surface area contributed by atoms with Gasteiger partial charge in [-0.3, -0.25) is 4.18 Å². The highest BCUT2D eigenvalue weighted by Gasteiger charge is 2.21. The summed E-state index contributed by atoms with van der Waals surface area (Å²) in [6.45, 7) is 2.34. The van der Waals surface area contributed by atoms with Crippen LogP contribution in [0.5, 0.6) is 0 Å². The molecule has 0 bridgehead atoms. The molecule has 3 nitrogen and oxygen atoms in total. The first-order valence-corrected chi connectivity index (χ1v) is 10.5. The number of unbranched alkanes of at least 4 members (excludes halogenated alkanes) is 7. The third kappa shape index (κ3) is 7.18. The fourth-order valence-electron chi connectivity index (χ4n) is 2.17. The van der Waals surface area contributed by atoms with Crippen LogP contribution in [0.25, 0.3) is 0 Å². The van der Waals surface area contributed by atoms with Crippen LogP contribution < -0.4 is 0 Å². The molecule has 1 rings (SSSR count). The Morgan fingerprint density at radius 2 is 1.43 bits per heavy atom. The van der Waals surface area contributed by atoms with Crippen LogP contribution >= 0.6 is 34.8 Å². The number of halogens is 3. The van der Waals surface area contributed by atoms with Gasteiger partial charge in [-0.15, -0.1) is 0 Å². The molecule has 0 spiro atoms. The average Bonchev–Trinajstić information content (AvgIpc) is 2.50. The topological polar surface area (TPSA) is 43.4 Å². The van der Waals surface area contributed by atoms with E-state index in [1.54, 1.807) is 0 Å². The van der Waals surface area contributed by atoms with Gasteiger partial charge in [-0.1, -0.05) is 86.7 Å². The molecule has 23 heavy (non-hydrogen) atoms. The third-order valence-electron chi connectivity index (χ3n) is 3.51. The fourth-order valence-corrected chi connectivity index (χ4v) is 4.06. The molecule has 132 valence electrons. The van der Waals surface area contributed by atoms with Gasteiger partial charge in [0.15, 0.2) is 0 Å². The van der Waals surface area contributed by atoms with Crippen molar-refractivity contribution < 1.29 is 12.6 Å². The van der Waals surface area contributed by atoms with E-state index in [1.807, 2.05) is 0 Å². The summed E-state index contributed by atoms with van der Waals surface area (Å²) in [5.41, 5.74) is 0. The molecule has 0 unspecified atom stereocenters. The van der Waals surface area contributed by atoms with Gasteiger partial charge in [-0.2, -0.15) is 8.42 Å². The quantitative estimate of drug-likeness (QED) is 0.242. The van der Waals surface area contributed by atoms with Gasteiger partial charge in [-0.25, -0.2) is 0 Å². The first-order chi connectivity index (χ1) is 10.9.